The molecular formula is C15H10N3O2+. The second-order valence-electron chi connectivity index (χ2n) is 4.38. The molecular weight excluding hydrogens is 254 g/mol. The number of nitro benzene ring substituents is 1. The zero-order chi connectivity index (χ0) is 14.1. The Bertz CT molecular complexity index is 804. The topological polar surface area (TPSA) is 68.9 Å². The number of nitrogens with zero attached hydrogens (tertiary/aromatic N) is 3. The van der Waals surface area contributed by atoms with Gasteiger partial charge in [-0.3, -0.25) is 10.1 Å². The zero-order valence-corrected chi connectivity index (χ0v) is 10.7. The van der Waals surface area contributed by atoms with Crippen LogP contribution in [0.2, 0.25) is 0 Å². The molecule has 0 N–H and O–H groups in total. The van der Waals surface area contributed by atoms with Gasteiger partial charge in [0.2, 0.25) is 0 Å². The Morgan fingerprint density at radius 1 is 1.25 bits per heavy atom. The summed E-state index contributed by atoms with van der Waals surface area (Å²) in [6.45, 7) is 1.84. The van der Waals surface area contributed by atoms with E-state index < -0.39 is 4.92 Å². The summed E-state index contributed by atoms with van der Waals surface area (Å²) in [7, 11) is 0. The van der Waals surface area contributed by atoms with Crippen LogP contribution in [0.5, 0.6) is 0 Å². The Morgan fingerprint density at radius 3 is 2.80 bits per heavy atom. The number of aryl methyl sites for hydroxylation is 1. The van der Waals surface area contributed by atoms with E-state index in [-0.39, 0.29) is 5.69 Å². The van der Waals surface area contributed by atoms with Gasteiger partial charge in [0.15, 0.2) is 0 Å². The van der Waals surface area contributed by atoms with E-state index in [1.54, 1.807) is 6.07 Å². The smallest absolute Gasteiger partial charge is 0.258 e. The van der Waals surface area contributed by atoms with Crippen molar-refractivity contribution in [3.8, 4) is 0 Å². The van der Waals surface area contributed by atoms with Gasteiger partial charge in [-0.1, -0.05) is 0 Å². The fourth-order valence-electron chi connectivity index (χ4n) is 2.06. The summed E-state index contributed by atoms with van der Waals surface area (Å²) in [5.74, 6) is 0. The van der Waals surface area contributed by atoms with Crippen LogP contribution in [-0.4, -0.2) is 14.9 Å². The van der Waals surface area contributed by atoms with Crippen LogP contribution in [-0.2, 0) is 0 Å². The number of benzene rings is 1. The number of non-ortho nitro benzene ring substituents is 1. The predicted octanol–water partition coefficient (Wildman–Crippen LogP) is 3.16. The van der Waals surface area contributed by atoms with Crippen molar-refractivity contribution in [2.75, 3.05) is 0 Å². The molecule has 3 rings (SSSR count). The first-order chi connectivity index (χ1) is 9.65. The Hall–Kier alpha value is -2.91. The molecule has 5 heteroatoms. The normalized spacial score (nSPS) is 13.2. The van der Waals surface area contributed by atoms with Gasteiger partial charge in [0, 0.05) is 24.3 Å². The third kappa shape index (κ3) is 2.06. The molecule has 96 valence electrons. The lowest BCUT2D eigenvalue weighted by Crippen LogP contribution is -1.98. The van der Waals surface area contributed by atoms with Gasteiger partial charge >= 0.3 is 0 Å². The molecule has 1 aliphatic rings. The van der Waals surface area contributed by atoms with Gasteiger partial charge in [0.05, 0.1) is 27.7 Å². The largest absolute Gasteiger partial charge is 0.271 e. The molecule has 5 nitrogen and oxygen atoms in total. The molecule has 1 aromatic heterocycles. The number of aromatic nitrogens is 2. The molecule has 0 radical (unpaired) electrons. The summed E-state index contributed by atoms with van der Waals surface area (Å²) in [5, 5.41) is 10.8. The van der Waals surface area contributed by atoms with Gasteiger partial charge in [0.1, 0.15) is 23.4 Å². The standard InChI is InChI=1S/C15H10N3O2/c1-10-15(11-5-3-2-4-6-11)17-13-8-7-12(18(19)20)9-14(13)16-10/h2-3,5-9H,1H3/q+1. The van der Waals surface area contributed by atoms with Crippen molar-refractivity contribution in [2.45, 2.75) is 6.92 Å². The van der Waals surface area contributed by atoms with E-state index in [0.717, 1.165) is 17.0 Å². The van der Waals surface area contributed by atoms with E-state index in [1.807, 2.05) is 31.2 Å². The van der Waals surface area contributed by atoms with Gasteiger partial charge in [0.25, 0.3) is 5.69 Å². The van der Waals surface area contributed by atoms with E-state index >= 15 is 0 Å². The first-order valence-electron chi connectivity index (χ1n) is 6.04. The predicted molar refractivity (Wildman–Crippen MR) is 75.9 cm³/mol. The monoisotopic (exact) mass is 264 g/mol. The van der Waals surface area contributed by atoms with Gasteiger partial charge in [-0.05, 0) is 13.0 Å². The van der Waals surface area contributed by atoms with Gasteiger partial charge in [-0.2, -0.15) is 0 Å². The van der Waals surface area contributed by atoms with Gasteiger partial charge in [-0.25, -0.2) is 9.97 Å². The van der Waals surface area contributed by atoms with Crippen LogP contribution in [0.3, 0.4) is 0 Å². The Kier molecular flexibility index (Phi) is 2.82. The van der Waals surface area contributed by atoms with Crippen molar-refractivity contribution in [1.29, 1.82) is 0 Å². The fraction of sp³-hybridized carbons (Fsp3) is 0.0667. The van der Waals surface area contributed by atoms with Crippen molar-refractivity contribution in [2.24, 2.45) is 0 Å². The first kappa shape index (κ1) is 12.1. The van der Waals surface area contributed by atoms with Crippen LogP contribution in [0.15, 0.2) is 42.5 Å². The van der Waals surface area contributed by atoms with Gasteiger partial charge in [-0.15, -0.1) is 0 Å². The summed E-state index contributed by atoms with van der Waals surface area (Å²) < 4.78 is 0. The molecule has 0 unspecified atom stereocenters. The molecule has 1 aromatic carbocycles. The molecule has 20 heavy (non-hydrogen) atoms. The maximum atomic E-state index is 10.8. The van der Waals surface area contributed by atoms with Crippen molar-refractivity contribution in [3.63, 3.8) is 0 Å². The minimum Gasteiger partial charge on any atom is -0.258 e. The lowest BCUT2D eigenvalue weighted by Gasteiger charge is -2.04. The summed E-state index contributed by atoms with van der Waals surface area (Å²) in [4.78, 5) is 19.3. The molecule has 0 fully saturated rings. The summed E-state index contributed by atoms with van der Waals surface area (Å²) in [6.07, 6.45) is 10.5. The van der Waals surface area contributed by atoms with Crippen LogP contribution in [0.4, 0.5) is 5.69 Å². The third-order valence-electron chi connectivity index (χ3n) is 3.01. The Labute approximate surface area is 115 Å². The lowest BCUT2D eigenvalue weighted by atomic mass is 10.1. The Balaban J connectivity index is 2.17. The number of nitro groups is 1. The summed E-state index contributed by atoms with van der Waals surface area (Å²) in [5.41, 5.74) is 3.62. The van der Waals surface area contributed by atoms with Crippen LogP contribution in [0.1, 0.15) is 11.4 Å². The highest BCUT2D eigenvalue weighted by Gasteiger charge is 2.16. The fourth-order valence-corrected chi connectivity index (χ4v) is 2.06. The van der Waals surface area contributed by atoms with Crippen LogP contribution in [0.25, 0.3) is 16.6 Å². The first-order valence-corrected chi connectivity index (χ1v) is 6.04. The molecule has 0 aliphatic heterocycles. The van der Waals surface area contributed by atoms with E-state index in [1.165, 1.54) is 12.1 Å². The number of hydrogen-bond acceptors (Lipinski definition) is 4. The highest BCUT2D eigenvalue weighted by Crippen LogP contribution is 2.24. The number of allylic oxidation sites excluding steroid dienone is 6. The summed E-state index contributed by atoms with van der Waals surface area (Å²) >= 11 is 0. The quantitative estimate of drug-likeness (QED) is 0.474. The van der Waals surface area contributed by atoms with Crippen molar-refractivity contribution < 1.29 is 4.92 Å². The molecule has 0 saturated heterocycles. The zero-order valence-electron chi connectivity index (χ0n) is 10.7. The van der Waals surface area contributed by atoms with Crippen molar-refractivity contribution in [1.82, 2.24) is 9.97 Å². The van der Waals surface area contributed by atoms with Crippen LogP contribution < -0.4 is 0 Å². The molecule has 0 saturated carbocycles. The third-order valence-corrected chi connectivity index (χ3v) is 3.01. The average molecular weight is 264 g/mol. The van der Waals surface area contributed by atoms with Crippen LogP contribution >= 0.6 is 0 Å². The van der Waals surface area contributed by atoms with Crippen molar-refractivity contribution in [3.05, 3.63) is 70.1 Å². The second kappa shape index (κ2) is 4.64. The maximum absolute atomic E-state index is 10.8. The van der Waals surface area contributed by atoms with Gasteiger partial charge < -0.3 is 0 Å². The van der Waals surface area contributed by atoms with E-state index in [9.17, 15) is 10.1 Å². The van der Waals surface area contributed by atoms with Crippen molar-refractivity contribution >= 4 is 22.3 Å². The van der Waals surface area contributed by atoms with E-state index in [2.05, 4.69) is 16.0 Å². The lowest BCUT2D eigenvalue weighted by molar-refractivity contribution is -0.384. The van der Waals surface area contributed by atoms with Crippen LogP contribution in [0, 0.1) is 23.1 Å². The number of rotatable bonds is 2. The average Bonchev–Trinajstić information content (AvgIpc) is 2.46. The Morgan fingerprint density at radius 2 is 2.10 bits per heavy atom. The highest BCUT2D eigenvalue weighted by atomic mass is 16.6. The number of fused-ring (bicyclic) bond motifs is 1. The molecule has 1 heterocycles. The maximum Gasteiger partial charge on any atom is 0.271 e. The highest BCUT2D eigenvalue weighted by molar-refractivity contribution is 5.82. The molecule has 0 bridgehead atoms. The minimum absolute atomic E-state index is 0.0204. The SMILES string of the molecule is Cc1nc2cc([N+](=O)[O-])ccc2nc1C1=CC=C[C+]=C1. The molecule has 1 aliphatic carbocycles. The summed E-state index contributed by atoms with van der Waals surface area (Å²) in [6, 6.07) is 4.50. The molecule has 0 atom stereocenters. The molecule has 2 aromatic rings. The molecule has 0 spiro atoms. The second-order valence-corrected chi connectivity index (χ2v) is 4.38. The van der Waals surface area contributed by atoms with E-state index in [4.69, 9.17) is 0 Å². The molecule has 0 amide bonds. The number of hydrogen-bond donors (Lipinski definition) is 0. The minimum atomic E-state index is -0.434. The van der Waals surface area contributed by atoms with E-state index in [0.29, 0.717) is 11.0 Å².